The Hall–Kier alpha value is -1.08. The Bertz CT molecular complexity index is 351. The molecule has 2 N–H and O–H groups in total. The van der Waals surface area contributed by atoms with E-state index in [1.54, 1.807) is 0 Å². The normalized spacial score (nSPS) is 11.6. The van der Waals surface area contributed by atoms with Crippen molar-refractivity contribution in [2.75, 3.05) is 0 Å². The minimum Gasteiger partial charge on any atom is -0.423 e. The van der Waals surface area contributed by atoms with Crippen LogP contribution in [0.25, 0.3) is 0 Å². The highest BCUT2D eigenvalue weighted by atomic mass is 19.4. The molecule has 0 amide bonds. The third kappa shape index (κ3) is 3.52. The third-order valence-electron chi connectivity index (χ3n) is 1.77. The first-order chi connectivity index (χ1) is 6.79. The lowest BCUT2D eigenvalue weighted by Gasteiger charge is -2.08. The molecule has 7 heteroatoms. The van der Waals surface area contributed by atoms with Crippen LogP contribution in [0.2, 0.25) is 0 Å². The van der Waals surface area contributed by atoms with Crippen LogP contribution in [0.15, 0.2) is 18.2 Å². The molecular formula is C8H7BF4O2. The summed E-state index contributed by atoms with van der Waals surface area (Å²) in [4.78, 5) is 0. The van der Waals surface area contributed by atoms with Gasteiger partial charge >= 0.3 is 13.3 Å². The van der Waals surface area contributed by atoms with Crippen LogP contribution in [-0.4, -0.2) is 23.3 Å². The van der Waals surface area contributed by atoms with Crippen molar-refractivity contribution in [3.8, 4) is 0 Å². The summed E-state index contributed by atoms with van der Waals surface area (Å²) in [5.41, 5.74) is -0.703. The monoisotopic (exact) mass is 222 g/mol. The Morgan fingerprint density at radius 3 is 2.20 bits per heavy atom. The lowest BCUT2D eigenvalue weighted by Crippen LogP contribution is -2.30. The van der Waals surface area contributed by atoms with Crippen molar-refractivity contribution < 1.29 is 27.6 Å². The van der Waals surface area contributed by atoms with Crippen LogP contribution in [0.1, 0.15) is 5.56 Å². The quantitative estimate of drug-likeness (QED) is 0.568. The molecule has 0 saturated carbocycles. The van der Waals surface area contributed by atoms with Gasteiger partial charge in [-0.1, -0.05) is 12.1 Å². The van der Waals surface area contributed by atoms with E-state index in [4.69, 9.17) is 10.0 Å². The predicted molar refractivity (Wildman–Crippen MR) is 46.0 cm³/mol. The minimum atomic E-state index is -4.49. The SMILES string of the molecule is OB(O)c1ccc(CC(F)(F)F)c(F)c1. The fourth-order valence-electron chi connectivity index (χ4n) is 1.08. The first-order valence-electron chi connectivity index (χ1n) is 4.01. The summed E-state index contributed by atoms with van der Waals surface area (Å²) >= 11 is 0. The fourth-order valence-corrected chi connectivity index (χ4v) is 1.08. The molecule has 0 radical (unpaired) electrons. The topological polar surface area (TPSA) is 40.5 Å². The van der Waals surface area contributed by atoms with Crippen molar-refractivity contribution in [3.05, 3.63) is 29.6 Å². The molecule has 82 valence electrons. The Balaban J connectivity index is 2.94. The molecule has 2 nitrogen and oxygen atoms in total. The van der Waals surface area contributed by atoms with Gasteiger partial charge < -0.3 is 10.0 Å². The molecule has 0 saturated heterocycles. The van der Waals surface area contributed by atoms with Crippen LogP contribution in [0.4, 0.5) is 17.6 Å². The van der Waals surface area contributed by atoms with Gasteiger partial charge in [-0.25, -0.2) is 4.39 Å². The first kappa shape index (κ1) is 12.0. The largest absolute Gasteiger partial charge is 0.488 e. The average Bonchev–Trinajstić information content (AvgIpc) is 2.05. The van der Waals surface area contributed by atoms with Crippen LogP contribution >= 0.6 is 0 Å². The third-order valence-corrected chi connectivity index (χ3v) is 1.77. The highest BCUT2D eigenvalue weighted by molar-refractivity contribution is 6.58. The van der Waals surface area contributed by atoms with Crippen LogP contribution in [-0.2, 0) is 6.42 Å². The van der Waals surface area contributed by atoms with Gasteiger partial charge in [-0.2, -0.15) is 13.2 Å². The number of halogens is 4. The Morgan fingerprint density at radius 1 is 1.20 bits per heavy atom. The van der Waals surface area contributed by atoms with Gasteiger partial charge in [0, 0.05) is 0 Å². The van der Waals surface area contributed by atoms with Gasteiger partial charge in [0.2, 0.25) is 0 Å². The second kappa shape index (κ2) is 4.20. The number of rotatable bonds is 2. The fraction of sp³-hybridized carbons (Fsp3) is 0.250. The summed E-state index contributed by atoms with van der Waals surface area (Å²) in [6.45, 7) is 0. The summed E-state index contributed by atoms with van der Waals surface area (Å²) in [7, 11) is -1.89. The zero-order chi connectivity index (χ0) is 11.6. The van der Waals surface area contributed by atoms with Gasteiger partial charge in [0.05, 0.1) is 6.42 Å². The molecule has 1 rings (SSSR count). The number of hydrogen-bond donors (Lipinski definition) is 2. The summed E-state index contributed by atoms with van der Waals surface area (Å²) < 4.78 is 48.8. The van der Waals surface area contributed by atoms with E-state index < -0.39 is 31.1 Å². The maximum Gasteiger partial charge on any atom is 0.488 e. The van der Waals surface area contributed by atoms with Crippen molar-refractivity contribution in [2.24, 2.45) is 0 Å². The predicted octanol–water partition coefficient (Wildman–Crippen LogP) is 0.610. The van der Waals surface area contributed by atoms with Gasteiger partial charge in [-0.05, 0) is 17.1 Å². The highest BCUT2D eigenvalue weighted by Gasteiger charge is 2.29. The maximum absolute atomic E-state index is 13.0. The molecule has 0 aliphatic rings. The highest BCUT2D eigenvalue weighted by Crippen LogP contribution is 2.22. The standard InChI is InChI=1S/C8H7BF4O2/c10-7-3-6(9(14)15)2-1-5(7)4-8(11,12)13/h1-3,14-15H,4H2. The maximum atomic E-state index is 13.0. The van der Waals surface area contributed by atoms with Gasteiger partial charge in [0.1, 0.15) is 5.82 Å². The molecule has 1 aromatic carbocycles. The van der Waals surface area contributed by atoms with Crippen LogP contribution in [0.5, 0.6) is 0 Å². The second-order valence-electron chi connectivity index (χ2n) is 3.02. The number of alkyl halides is 3. The Kier molecular flexibility index (Phi) is 3.36. The second-order valence-corrected chi connectivity index (χ2v) is 3.02. The van der Waals surface area contributed by atoms with E-state index in [-0.39, 0.29) is 5.46 Å². The van der Waals surface area contributed by atoms with Crippen LogP contribution in [0, 0.1) is 5.82 Å². The summed E-state index contributed by atoms with van der Waals surface area (Å²) in [6.07, 6.45) is -5.86. The molecule has 0 fully saturated rings. The smallest absolute Gasteiger partial charge is 0.423 e. The van der Waals surface area contributed by atoms with E-state index in [1.807, 2.05) is 0 Å². The summed E-state index contributed by atoms with van der Waals surface area (Å²) in [6, 6.07) is 2.60. The summed E-state index contributed by atoms with van der Waals surface area (Å²) in [5, 5.41) is 17.3. The van der Waals surface area contributed by atoms with Gasteiger partial charge in [0.25, 0.3) is 0 Å². The minimum absolute atomic E-state index is 0.182. The molecule has 0 aromatic heterocycles. The van der Waals surface area contributed by atoms with Crippen molar-refractivity contribution in [3.63, 3.8) is 0 Å². The molecule has 0 atom stereocenters. The van der Waals surface area contributed by atoms with E-state index in [1.165, 1.54) is 0 Å². The van der Waals surface area contributed by atoms with E-state index in [2.05, 4.69) is 0 Å². The molecule has 1 aromatic rings. The Labute approximate surface area is 83.3 Å². The van der Waals surface area contributed by atoms with Crippen LogP contribution in [0.3, 0.4) is 0 Å². The zero-order valence-corrected chi connectivity index (χ0v) is 7.42. The van der Waals surface area contributed by atoms with Crippen molar-refractivity contribution in [2.45, 2.75) is 12.6 Å². The molecule has 0 aliphatic heterocycles. The van der Waals surface area contributed by atoms with Gasteiger partial charge in [0.15, 0.2) is 0 Å². The van der Waals surface area contributed by atoms with Crippen molar-refractivity contribution in [1.29, 1.82) is 0 Å². The molecule has 0 spiro atoms. The van der Waals surface area contributed by atoms with E-state index >= 15 is 0 Å². The van der Waals surface area contributed by atoms with E-state index in [9.17, 15) is 17.6 Å². The van der Waals surface area contributed by atoms with E-state index in [0.717, 1.165) is 12.1 Å². The molecule has 0 heterocycles. The van der Waals surface area contributed by atoms with Crippen LogP contribution < -0.4 is 5.46 Å². The van der Waals surface area contributed by atoms with Gasteiger partial charge in [-0.3, -0.25) is 0 Å². The molecule has 0 aliphatic carbocycles. The Morgan fingerprint density at radius 2 is 1.80 bits per heavy atom. The van der Waals surface area contributed by atoms with E-state index in [0.29, 0.717) is 6.07 Å². The molecule has 0 bridgehead atoms. The lowest BCUT2D eigenvalue weighted by atomic mass is 9.80. The average molecular weight is 222 g/mol. The summed E-state index contributed by atoms with van der Waals surface area (Å²) in [5.74, 6) is -1.10. The van der Waals surface area contributed by atoms with Crippen molar-refractivity contribution in [1.82, 2.24) is 0 Å². The molecule has 15 heavy (non-hydrogen) atoms. The number of hydrogen-bond acceptors (Lipinski definition) is 2. The molecule has 0 unspecified atom stereocenters. The van der Waals surface area contributed by atoms with Crippen molar-refractivity contribution >= 4 is 12.6 Å². The lowest BCUT2D eigenvalue weighted by molar-refractivity contribution is -0.127. The zero-order valence-electron chi connectivity index (χ0n) is 7.42. The molecular weight excluding hydrogens is 215 g/mol. The number of benzene rings is 1. The van der Waals surface area contributed by atoms with Gasteiger partial charge in [-0.15, -0.1) is 0 Å². The first-order valence-corrected chi connectivity index (χ1v) is 4.01.